The molecule has 1 fully saturated rings. The normalized spacial score (nSPS) is 33.0. The van der Waals surface area contributed by atoms with E-state index in [4.69, 9.17) is 21.1 Å². The average molecular weight is 217 g/mol. The minimum absolute atomic E-state index is 0.131. The Balaban J connectivity index is 2.67. The number of ether oxygens (including phenoxy) is 2. The van der Waals surface area contributed by atoms with Gasteiger partial charge in [-0.1, -0.05) is 30.3 Å². The molecule has 3 heteroatoms. The zero-order valence-electron chi connectivity index (χ0n) is 8.92. The smallest absolute Gasteiger partial charge is 0.161 e. The Kier molecular flexibility index (Phi) is 3.62. The molecule has 1 aliphatic heterocycles. The summed E-state index contributed by atoms with van der Waals surface area (Å²) in [4.78, 5) is 0. The van der Waals surface area contributed by atoms with Gasteiger partial charge < -0.3 is 9.47 Å². The number of hydrogen-bond acceptors (Lipinski definition) is 2. The van der Waals surface area contributed by atoms with Crippen molar-refractivity contribution < 1.29 is 9.47 Å². The molecule has 1 heterocycles. The highest BCUT2D eigenvalue weighted by atomic mass is 35.5. The summed E-state index contributed by atoms with van der Waals surface area (Å²) < 4.78 is 10.5. The van der Waals surface area contributed by atoms with Crippen molar-refractivity contribution in [3.8, 4) is 0 Å². The van der Waals surface area contributed by atoms with Crippen molar-refractivity contribution >= 4 is 11.6 Å². The molecule has 0 saturated carbocycles. The van der Waals surface area contributed by atoms with Crippen LogP contribution < -0.4 is 0 Å². The maximum atomic E-state index is 5.92. The molecule has 0 aromatic heterocycles. The van der Waals surface area contributed by atoms with Crippen LogP contribution in [0.1, 0.15) is 20.3 Å². The highest BCUT2D eigenvalue weighted by Crippen LogP contribution is 2.49. The molecule has 1 rings (SSSR count). The molecule has 0 bridgehead atoms. The number of halogens is 1. The average Bonchev–Trinajstić information content (AvgIpc) is 2.75. The summed E-state index contributed by atoms with van der Waals surface area (Å²) in [5.74, 6) is 0.861. The molecule has 0 N–H and O–H groups in total. The van der Waals surface area contributed by atoms with Gasteiger partial charge in [0.2, 0.25) is 0 Å². The molecule has 0 aliphatic carbocycles. The van der Waals surface area contributed by atoms with E-state index in [9.17, 15) is 0 Å². The number of alkyl halides is 1. The summed E-state index contributed by atoms with van der Waals surface area (Å²) in [7, 11) is 1.62. The predicted octanol–water partition coefficient (Wildman–Crippen LogP) is 3.08. The highest BCUT2D eigenvalue weighted by molar-refractivity contribution is 6.22. The van der Waals surface area contributed by atoms with Crippen molar-refractivity contribution in [3.05, 3.63) is 24.5 Å². The summed E-state index contributed by atoms with van der Waals surface area (Å²) in [6.45, 7) is 7.85. The van der Waals surface area contributed by atoms with E-state index in [0.717, 1.165) is 12.2 Å². The zero-order valence-corrected chi connectivity index (χ0v) is 9.67. The van der Waals surface area contributed by atoms with Gasteiger partial charge in [0.05, 0.1) is 18.8 Å². The second kappa shape index (κ2) is 4.37. The number of hydrogen-bond donors (Lipinski definition) is 0. The third kappa shape index (κ3) is 2.12. The molecule has 0 aromatic rings. The lowest BCUT2D eigenvalue weighted by Crippen LogP contribution is -2.24. The highest BCUT2D eigenvalue weighted by Gasteiger charge is 2.57. The largest absolute Gasteiger partial charge is 0.501 e. The fourth-order valence-electron chi connectivity index (χ4n) is 1.53. The Morgan fingerprint density at radius 3 is 2.71 bits per heavy atom. The van der Waals surface area contributed by atoms with E-state index in [1.54, 1.807) is 7.11 Å². The van der Waals surface area contributed by atoms with Gasteiger partial charge in [-0.25, -0.2) is 0 Å². The van der Waals surface area contributed by atoms with Crippen LogP contribution >= 0.6 is 11.6 Å². The van der Waals surface area contributed by atoms with Crippen LogP contribution in [0.5, 0.6) is 0 Å². The third-order valence-electron chi connectivity index (χ3n) is 2.70. The van der Waals surface area contributed by atoms with Crippen molar-refractivity contribution in [1.29, 1.82) is 0 Å². The fraction of sp³-hybridized carbons (Fsp3) is 0.636. The minimum Gasteiger partial charge on any atom is -0.501 e. The first-order valence-electron chi connectivity index (χ1n) is 4.72. The van der Waals surface area contributed by atoms with Gasteiger partial charge in [-0.15, -0.1) is 0 Å². The van der Waals surface area contributed by atoms with Gasteiger partial charge in [-0.05, 0) is 20.3 Å². The number of rotatable bonds is 5. The van der Waals surface area contributed by atoms with Crippen LogP contribution in [0, 0.1) is 5.92 Å². The van der Waals surface area contributed by atoms with Crippen molar-refractivity contribution in [2.45, 2.75) is 31.4 Å². The molecule has 80 valence electrons. The second-order valence-electron chi connectivity index (χ2n) is 3.65. The van der Waals surface area contributed by atoms with E-state index >= 15 is 0 Å². The van der Waals surface area contributed by atoms with Gasteiger partial charge in [0, 0.05) is 0 Å². The summed E-state index contributed by atoms with van der Waals surface area (Å²) in [6.07, 6.45) is 4.93. The molecule has 0 aromatic carbocycles. The second-order valence-corrected chi connectivity index (χ2v) is 4.04. The van der Waals surface area contributed by atoms with E-state index in [-0.39, 0.29) is 17.1 Å². The molecule has 0 radical (unpaired) electrons. The SMILES string of the molecule is C=C(OC)C(C/C=C\C)C1(C)OC1Cl. The van der Waals surface area contributed by atoms with Gasteiger partial charge in [-0.3, -0.25) is 0 Å². The van der Waals surface area contributed by atoms with Crippen LogP contribution in [-0.4, -0.2) is 18.3 Å². The van der Waals surface area contributed by atoms with E-state index in [2.05, 4.69) is 12.7 Å². The maximum Gasteiger partial charge on any atom is 0.161 e. The van der Waals surface area contributed by atoms with Crippen LogP contribution in [0.3, 0.4) is 0 Å². The molecule has 0 amide bonds. The minimum atomic E-state index is -0.311. The Labute approximate surface area is 90.5 Å². The molecule has 0 spiro atoms. The van der Waals surface area contributed by atoms with Crippen LogP contribution in [0.4, 0.5) is 0 Å². The molecule has 1 aliphatic rings. The number of methoxy groups -OCH3 is 1. The molecular weight excluding hydrogens is 200 g/mol. The van der Waals surface area contributed by atoms with E-state index in [1.165, 1.54) is 0 Å². The van der Waals surface area contributed by atoms with Crippen molar-refractivity contribution in [3.63, 3.8) is 0 Å². The third-order valence-corrected chi connectivity index (χ3v) is 3.22. The van der Waals surface area contributed by atoms with E-state index in [0.29, 0.717) is 0 Å². The van der Waals surface area contributed by atoms with Gasteiger partial charge in [0.1, 0.15) is 5.60 Å². The van der Waals surface area contributed by atoms with Gasteiger partial charge in [0.25, 0.3) is 0 Å². The lowest BCUT2D eigenvalue weighted by molar-refractivity contribution is 0.175. The van der Waals surface area contributed by atoms with Crippen LogP contribution in [0.15, 0.2) is 24.5 Å². The first-order chi connectivity index (χ1) is 6.56. The molecule has 3 atom stereocenters. The van der Waals surface area contributed by atoms with Crippen molar-refractivity contribution in [1.82, 2.24) is 0 Å². The fourth-order valence-corrected chi connectivity index (χ4v) is 1.87. The number of epoxide rings is 1. The Bertz CT molecular complexity index is 250. The van der Waals surface area contributed by atoms with E-state index in [1.807, 2.05) is 19.9 Å². The molecular formula is C11H17ClO2. The predicted molar refractivity (Wildman–Crippen MR) is 58.2 cm³/mol. The van der Waals surface area contributed by atoms with Crippen LogP contribution in [0.2, 0.25) is 0 Å². The van der Waals surface area contributed by atoms with Crippen molar-refractivity contribution in [2.24, 2.45) is 5.92 Å². The summed E-state index contributed by atoms with van der Waals surface area (Å²) in [6, 6.07) is 0. The van der Waals surface area contributed by atoms with Crippen molar-refractivity contribution in [2.75, 3.05) is 7.11 Å². The standard InChI is InChI=1S/C11H17ClO2/c1-5-6-7-9(8(2)13-4)11(3)10(12)14-11/h5-6,9-10H,2,7H2,1,3-4H3/b6-5-. The molecule has 14 heavy (non-hydrogen) atoms. The maximum absolute atomic E-state index is 5.92. The Morgan fingerprint density at radius 2 is 2.36 bits per heavy atom. The summed E-state index contributed by atoms with van der Waals surface area (Å²) in [5.41, 5.74) is -0.529. The monoisotopic (exact) mass is 216 g/mol. The first kappa shape index (κ1) is 11.6. The molecule has 2 nitrogen and oxygen atoms in total. The zero-order chi connectivity index (χ0) is 10.8. The lowest BCUT2D eigenvalue weighted by Gasteiger charge is -2.20. The van der Waals surface area contributed by atoms with Gasteiger partial charge in [0.15, 0.2) is 5.56 Å². The Morgan fingerprint density at radius 1 is 1.79 bits per heavy atom. The van der Waals surface area contributed by atoms with Gasteiger partial charge in [-0.2, -0.15) is 0 Å². The van der Waals surface area contributed by atoms with Gasteiger partial charge >= 0.3 is 0 Å². The summed E-state index contributed by atoms with van der Waals surface area (Å²) in [5, 5.41) is 0. The van der Waals surface area contributed by atoms with E-state index < -0.39 is 0 Å². The first-order valence-corrected chi connectivity index (χ1v) is 5.15. The lowest BCUT2D eigenvalue weighted by atomic mass is 9.89. The molecule has 3 unspecified atom stereocenters. The van der Waals surface area contributed by atoms with Crippen LogP contribution in [-0.2, 0) is 9.47 Å². The number of allylic oxidation sites excluding steroid dienone is 2. The Hall–Kier alpha value is -0.470. The topological polar surface area (TPSA) is 21.8 Å². The quantitative estimate of drug-likeness (QED) is 0.305. The molecule has 1 saturated heterocycles. The van der Waals surface area contributed by atoms with Crippen LogP contribution in [0.25, 0.3) is 0 Å². The summed E-state index contributed by atoms with van der Waals surface area (Å²) >= 11 is 5.92.